The Morgan fingerprint density at radius 1 is 1.06 bits per heavy atom. The molecule has 0 amide bonds. The third-order valence-corrected chi connectivity index (χ3v) is 3.09. The molecular weight excluding hydrogens is 222 g/mol. The lowest BCUT2D eigenvalue weighted by Gasteiger charge is -2.13. The summed E-state index contributed by atoms with van der Waals surface area (Å²) < 4.78 is 0. The predicted octanol–water partition coefficient (Wildman–Crippen LogP) is 3.19. The number of Topliss-reactive ketones (excluding diaryl/α,β-unsaturated/α-hetero) is 1. The molecule has 0 radical (unpaired) electrons. The zero-order chi connectivity index (χ0) is 13.1. The Hall–Kier alpha value is -1.93. The van der Waals surface area contributed by atoms with Gasteiger partial charge < -0.3 is 5.73 Å². The van der Waals surface area contributed by atoms with Gasteiger partial charge in [-0.1, -0.05) is 54.1 Å². The molecule has 0 saturated carbocycles. The van der Waals surface area contributed by atoms with Crippen LogP contribution in [0, 0.1) is 13.8 Å². The molecule has 2 aromatic rings. The van der Waals surface area contributed by atoms with E-state index in [0.29, 0.717) is 5.56 Å². The van der Waals surface area contributed by atoms with Crippen molar-refractivity contribution in [2.24, 2.45) is 5.73 Å². The molecule has 2 aromatic carbocycles. The fourth-order valence-electron chi connectivity index (χ4n) is 2.07. The Labute approximate surface area is 107 Å². The van der Waals surface area contributed by atoms with Gasteiger partial charge in [-0.15, -0.1) is 0 Å². The van der Waals surface area contributed by atoms with Crippen LogP contribution in [0.15, 0.2) is 48.5 Å². The van der Waals surface area contributed by atoms with E-state index in [4.69, 9.17) is 5.73 Å². The average molecular weight is 239 g/mol. The Bertz CT molecular complexity index is 561. The molecule has 0 aliphatic carbocycles. The van der Waals surface area contributed by atoms with Gasteiger partial charge in [0.25, 0.3) is 0 Å². The van der Waals surface area contributed by atoms with Crippen molar-refractivity contribution in [3.05, 3.63) is 70.8 Å². The normalized spacial score (nSPS) is 12.2. The van der Waals surface area contributed by atoms with E-state index in [2.05, 4.69) is 0 Å². The number of ketones is 1. The standard InChI is InChI=1S/C16H17NO/c1-11-8-9-14(12(2)10-11)16(18)15(17)13-6-4-3-5-7-13/h3-10,15H,17H2,1-2H3/t15-/m1/s1. The smallest absolute Gasteiger partial charge is 0.184 e. The van der Waals surface area contributed by atoms with Crippen LogP contribution in [0.1, 0.15) is 33.1 Å². The van der Waals surface area contributed by atoms with Gasteiger partial charge in [0.2, 0.25) is 0 Å². The van der Waals surface area contributed by atoms with Crippen molar-refractivity contribution in [1.29, 1.82) is 0 Å². The van der Waals surface area contributed by atoms with E-state index in [1.54, 1.807) is 0 Å². The molecule has 0 unspecified atom stereocenters. The number of carbonyl (C=O) groups is 1. The molecule has 0 saturated heterocycles. The molecule has 18 heavy (non-hydrogen) atoms. The van der Waals surface area contributed by atoms with E-state index >= 15 is 0 Å². The molecule has 0 spiro atoms. The van der Waals surface area contributed by atoms with Gasteiger partial charge in [0, 0.05) is 5.56 Å². The molecule has 0 aliphatic heterocycles. The van der Waals surface area contributed by atoms with Crippen LogP contribution in [0.3, 0.4) is 0 Å². The van der Waals surface area contributed by atoms with Crippen LogP contribution in [0.2, 0.25) is 0 Å². The molecule has 2 N–H and O–H groups in total. The maximum absolute atomic E-state index is 12.4. The first-order chi connectivity index (χ1) is 8.59. The number of nitrogens with two attached hydrogens (primary N) is 1. The van der Waals surface area contributed by atoms with Crippen LogP contribution < -0.4 is 5.73 Å². The van der Waals surface area contributed by atoms with Gasteiger partial charge >= 0.3 is 0 Å². The minimum absolute atomic E-state index is 0.0290. The van der Waals surface area contributed by atoms with Gasteiger partial charge in [-0.05, 0) is 25.0 Å². The first-order valence-electron chi connectivity index (χ1n) is 6.01. The summed E-state index contributed by atoms with van der Waals surface area (Å²) in [4.78, 5) is 12.4. The molecule has 0 fully saturated rings. The van der Waals surface area contributed by atoms with Gasteiger partial charge in [-0.3, -0.25) is 4.79 Å². The minimum Gasteiger partial charge on any atom is -0.318 e. The largest absolute Gasteiger partial charge is 0.318 e. The van der Waals surface area contributed by atoms with Gasteiger partial charge in [0.05, 0.1) is 6.04 Å². The molecular formula is C16H17NO. The Kier molecular flexibility index (Phi) is 3.58. The van der Waals surface area contributed by atoms with E-state index in [1.807, 2.05) is 62.4 Å². The molecule has 0 bridgehead atoms. The Balaban J connectivity index is 2.32. The average Bonchev–Trinajstić information content (AvgIpc) is 2.38. The molecule has 92 valence electrons. The summed E-state index contributed by atoms with van der Waals surface area (Å²) in [6, 6.07) is 14.7. The monoisotopic (exact) mass is 239 g/mol. The van der Waals surface area contributed by atoms with Crippen LogP contribution >= 0.6 is 0 Å². The fourth-order valence-corrected chi connectivity index (χ4v) is 2.07. The van der Waals surface area contributed by atoms with E-state index in [9.17, 15) is 4.79 Å². The van der Waals surface area contributed by atoms with Gasteiger partial charge in [0.1, 0.15) is 0 Å². The summed E-state index contributed by atoms with van der Waals surface area (Å²) in [5.74, 6) is -0.0290. The van der Waals surface area contributed by atoms with Crippen molar-refractivity contribution in [1.82, 2.24) is 0 Å². The number of aryl methyl sites for hydroxylation is 2. The summed E-state index contributed by atoms with van der Waals surface area (Å²) in [6.07, 6.45) is 0. The van der Waals surface area contributed by atoms with Crippen LogP contribution in [-0.2, 0) is 0 Å². The molecule has 2 heteroatoms. The van der Waals surface area contributed by atoms with Gasteiger partial charge in [0.15, 0.2) is 5.78 Å². The van der Waals surface area contributed by atoms with Crippen LogP contribution in [0.4, 0.5) is 0 Å². The van der Waals surface area contributed by atoms with Crippen molar-refractivity contribution in [3.63, 3.8) is 0 Å². The lowest BCUT2D eigenvalue weighted by Crippen LogP contribution is -2.22. The van der Waals surface area contributed by atoms with Crippen molar-refractivity contribution in [2.75, 3.05) is 0 Å². The predicted molar refractivity (Wildman–Crippen MR) is 73.6 cm³/mol. The van der Waals surface area contributed by atoms with E-state index in [0.717, 1.165) is 16.7 Å². The molecule has 0 aromatic heterocycles. The highest BCUT2D eigenvalue weighted by atomic mass is 16.1. The van der Waals surface area contributed by atoms with Crippen molar-refractivity contribution in [2.45, 2.75) is 19.9 Å². The number of carbonyl (C=O) groups excluding carboxylic acids is 1. The Morgan fingerprint density at radius 3 is 2.33 bits per heavy atom. The zero-order valence-electron chi connectivity index (χ0n) is 10.7. The highest BCUT2D eigenvalue weighted by molar-refractivity contribution is 6.01. The highest BCUT2D eigenvalue weighted by Crippen LogP contribution is 2.19. The number of hydrogen-bond donors (Lipinski definition) is 1. The Morgan fingerprint density at radius 2 is 1.72 bits per heavy atom. The lowest BCUT2D eigenvalue weighted by atomic mass is 9.94. The van der Waals surface area contributed by atoms with E-state index in [-0.39, 0.29) is 5.78 Å². The van der Waals surface area contributed by atoms with Crippen LogP contribution in [0.25, 0.3) is 0 Å². The summed E-state index contributed by atoms with van der Waals surface area (Å²) in [5, 5.41) is 0. The van der Waals surface area contributed by atoms with Crippen molar-refractivity contribution < 1.29 is 4.79 Å². The summed E-state index contributed by atoms with van der Waals surface area (Å²) >= 11 is 0. The van der Waals surface area contributed by atoms with Crippen molar-refractivity contribution in [3.8, 4) is 0 Å². The fraction of sp³-hybridized carbons (Fsp3) is 0.188. The van der Waals surface area contributed by atoms with E-state index in [1.165, 1.54) is 0 Å². The molecule has 0 heterocycles. The number of hydrogen-bond acceptors (Lipinski definition) is 2. The lowest BCUT2D eigenvalue weighted by molar-refractivity contribution is 0.0960. The highest BCUT2D eigenvalue weighted by Gasteiger charge is 2.18. The summed E-state index contributed by atoms with van der Waals surface area (Å²) in [5.41, 5.74) is 9.71. The molecule has 2 rings (SSSR count). The second-order valence-corrected chi connectivity index (χ2v) is 4.57. The van der Waals surface area contributed by atoms with Crippen LogP contribution in [-0.4, -0.2) is 5.78 Å². The summed E-state index contributed by atoms with van der Waals surface area (Å²) in [7, 11) is 0. The third kappa shape index (κ3) is 2.49. The zero-order valence-corrected chi connectivity index (χ0v) is 10.7. The second-order valence-electron chi connectivity index (χ2n) is 4.57. The quantitative estimate of drug-likeness (QED) is 0.836. The molecule has 1 atom stereocenters. The van der Waals surface area contributed by atoms with Crippen LogP contribution in [0.5, 0.6) is 0 Å². The number of benzene rings is 2. The second kappa shape index (κ2) is 5.15. The molecule has 0 aliphatic rings. The maximum atomic E-state index is 12.4. The van der Waals surface area contributed by atoms with E-state index < -0.39 is 6.04 Å². The maximum Gasteiger partial charge on any atom is 0.184 e. The van der Waals surface area contributed by atoms with Gasteiger partial charge in [-0.2, -0.15) is 0 Å². The first kappa shape index (κ1) is 12.5. The SMILES string of the molecule is Cc1ccc(C(=O)[C@H](N)c2ccccc2)c(C)c1. The summed E-state index contributed by atoms with van der Waals surface area (Å²) in [6.45, 7) is 3.95. The minimum atomic E-state index is -0.590. The van der Waals surface area contributed by atoms with Gasteiger partial charge in [-0.25, -0.2) is 0 Å². The third-order valence-electron chi connectivity index (χ3n) is 3.09. The topological polar surface area (TPSA) is 43.1 Å². The number of rotatable bonds is 3. The molecule has 2 nitrogen and oxygen atoms in total. The van der Waals surface area contributed by atoms with Crippen molar-refractivity contribution >= 4 is 5.78 Å². The first-order valence-corrected chi connectivity index (χ1v) is 6.01.